The van der Waals surface area contributed by atoms with E-state index in [1.807, 2.05) is 6.92 Å². The number of ketones is 1. The zero-order valence-corrected chi connectivity index (χ0v) is 13.8. The normalized spacial score (nSPS) is 10.3. The number of carbonyl (C=O) groups is 3. The van der Waals surface area contributed by atoms with Gasteiger partial charge in [0.15, 0.2) is 5.78 Å². The van der Waals surface area contributed by atoms with Gasteiger partial charge in [0.1, 0.15) is 5.75 Å². The quantitative estimate of drug-likeness (QED) is 0.558. The number of nitrogens with zero attached hydrogens (tertiary/aromatic N) is 2. The number of benzene rings is 2. The number of phenolic OH excluding ortho intramolecular Hbond substituents is 1. The summed E-state index contributed by atoms with van der Waals surface area (Å²) in [7, 11) is 0. The second-order valence-electron chi connectivity index (χ2n) is 5.65. The van der Waals surface area contributed by atoms with Gasteiger partial charge in [0, 0.05) is 11.9 Å². The van der Waals surface area contributed by atoms with Crippen LogP contribution in [0.3, 0.4) is 0 Å². The number of carbonyl (C=O) groups excluding carboxylic acids is 3. The van der Waals surface area contributed by atoms with Crippen LogP contribution in [0.2, 0.25) is 0 Å². The largest absolute Gasteiger partial charge is 0.507 e. The van der Waals surface area contributed by atoms with Crippen LogP contribution in [0.15, 0.2) is 60.9 Å². The molecule has 0 bridgehead atoms. The first-order valence-corrected chi connectivity index (χ1v) is 7.75. The molecule has 0 aliphatic heterocycles. The number of para-hydroxylation sites is 1. The van der Waals surface area contributed by atoms with Gasteiger partial charge in [-0.15, -0.1) is 0 Å². The van der Waals surface area contributed by atoms with E-state index in [1.165, 1.54) is 18.3 Å². The number of anilines is 1. The molecule has 2 aromatic carbocycles. The van der Waals surface area contributed by atoms with E-state index in [-0.39, 0.29) is 16.9 Å². The molecule has 0 spiro atoms. The zero-order valence-electron chi connectivity index (χ0n) is 13.8. The van der Waals surface area contributed by atoms with Gasteiger partial charge >= 0.3 is 11.8 Å². The van der Waals surface area contributed by atoms with Crippen LogP contribution < -0.4 is 5.32 Å². The van der Waals surface area contributed by atoms with Gasteiger partial charge in [0.25, 0.3) is 0 Å². The van der Waals surface area contributed by atoms with Crippen LogP contribution in [0.1, 0.15) is 26.3 Å². The molecule has 26 heavy (non-hydrogen) atoms. The first-order chi connectivity index (χ1) is 12.5. The highest BCUT2D eigenvalue weighted by Crippen LogP contribution is 2.19. The van der Waals surface area contributed by atoms with Crippen molar-refractivity contribution in [1.82, 2.24) is 9.78 Å². The van der Waals surface area contributed by atoms with Crippen LogP contribution in [-0.4, -0.2) is 32.5 Å². The fraction of sp³-hybridized carbons (Fsp3) is 0.0526. The summed E-state index contributed by atoms with van der Waals surface area (Å²) in [5, 5.41) is 16.0. The van der Waals surface area contributed by atoms with Gasteiger partial charge in [-0.2, -0.15) is 9.78 Å². The Hall–Kier alpha value is -3.74. The molecule has 7 nitrogen and oxygen atoms in total. The monoisotopic (exact) mass is 349 g/mol. The number of aromatic nitrogens is 2. The molecule has 0 saturated carbocycles. The predicted octanol–water partition coefficient (Wildman–Crippen LogP) is 2.41. The summed E-state index contributed by atoms with van der Waals surface area (Å²) in [5.74, 6) is -2.48. The molecular weight excluding hydrogens is 334 g/mol. The van der Waals surface area contributed by atoms with Crippen molar-refractivity contribution < 1.29 is 19.5 Å². The number of rotatable bonds is 3. The highest BCUT2D eigenvalue weighted by molar-refractivity contribution is 6.40. The number of aryl methyl sites for hydroxylation is 1. The lowest BCUT2D eigenvalue weighted by atomic mass is 10.1. The van der Waals surface area contributed by atoms with Gasteiger partial charge in [-0.1, -0.05) is 29.8 Å². The average molecular weight is 349 g/mol. The Labute approximate surface area is 148 Å². The molecule has 7 heteroatoms. The Morgan fingerprint density at radius 2 is 1.73 bits per heavy atom. The fourth-order valence-electron chi connectivity index (χ4n) is 2.30. The highest BCUT2D eigenvalue weighted by atomic mass is 16.3. The number of phenols is 1. The van der Waals surface area contributed by atoms with Crippen molar-refractivity contribution in [3.8, 4) is 5.75 Å². The van der Waals surface area contributed by atoms with E-state index in [1.54, 1.807) is 36.4 Å². The Kier molecular flexibility index (Phi) is 4.62. The second-order valence-corrected chi connectivity index (χ2v) is 5.65. The van der Waals surface area contributed by atoms with Gasteiger partial charge in [0.05, 0.1) is 17.3 Å². The van der Waals surface area contributed by atoms with Crippen LogP contribution in [0, 0.1) is 6.92 Å². The molecule has 0 aliphatic carbocycles. The second kappa shape index (κ2) is 7.02. The van der Waals surface area contributed by atoms with Crippen molar-refractivity contribution in [3.63, 3.8) is 0 Å². The van der Waals surface area contributed by atoms with Crippen molar-refractivity contribution in [2.75, 3.05) is 5.32 Å². The Balaban J connectivity index is 1.75. The number of hydrogen-bond donors (Lipinski definition) is 2. The Bertz CT molecular complexity index is 990. The summed E-state index contributed by atoms with van der Waals surface area (Å²) in [6.45, 7) is 1.91. The predicted molar refractivity (Wildman–Crippen MR) is 94.2 cm³/mol. The Morgan fingerprint density at radius 1 is 1.04 bits per heavy atom. The lowest BCUT2D eigenvalue weighted by Crippen LogP contribution is -2.28. The number of aromatic hydroxyl groups is 1. The first kappa shape index (κ1) is 17.1. The van der Waals surface area contributed by atoms with Crippen molar-refractivity contribution in [3.05, 3.63) is 77.6 Å². The van der Waals surface area contributed by atoms with E-state index in [2.05, 4.69) is 10.4 Å². The zero-order chi connectivity index (χ0) is 18.7. The van der Waals surface area contributed by atoms with Gasteiger partial charge in [-0.3, -0.25) is 14.4 Å². The van der Waals surface area contributed by atoms with Crippen LogP contribution >= 0.6 is 0 Å². The minimum absolute atomic E-state index is 0.0861. The Morgan fingerprint density at radius 3 is 2.42 bits per heavy atom. The molecule has 1 amide bonds. The fourth-order valence-corrected chi connectivity index (χ4v) is 2.30. The lowest BCUT2D eigenvalue weighted by molar-refractivity contribution is -0.113. The molecule has 0 fully saturated rings. The molecule has 130 valence electrons. The van der Waals surface area contributed by atoms with Crippen molar-refractivity contribution in [1.29, 1.82) is 0 Å². The average Bonchev–Trinajstić information content (AvgIpc) is 3.13. The van der Waals surface area contributed by atoms with E-state index in [0.29, 0.717) is 5.69 Å². The smallest absolute Gasteiger partial charge is 0.336 e. The third-order valence-electron chi connectivity index (χ3n) is 3.71. The third kappa shape index (κ3) is 3.51. The van der Waals surface area contributed by atoms with Gasteiger partial charge in [0.2, 0.25) is 0 Å². The van der Waals surface area contributed by atoms with E-state index < -0.39 is 17.6 Å². The highest BCUT2D eigenvalue weighted by Gasteiger charge is 2.20. The molecule has 1 aromatic heterocycles. The van der Waals surface area contributed by atoms with Gasteiger partial charge in [-0.05, 0) is 31.2 Å². The SMILES string of the molecule is Cc1ccc(NC(=O)C(=O)n2cc(C(=O)c3ccccc3O)cn2)cc1. The molecule has 1 heterocycles. The topological polar surface area (TPSA) is 101 Å². The molecular formula is C19H15N3O4. The molecule has 0 unspecified atom stereocenters. The molecule has 3 aromatic rings. The van der Waals surface area contributed by atoms with E-state index in [4.69, 9.17) is 0 Å². The molecule has 3 rings (SSSR count). The maximum Gasteiger partial charge on any atom is 0.336 e. The van der Waals surface area contributed by atoms with E-state index in [9.17, 15) is 19.5 Å². The molecule has 0 aliphatic rings. The molecule has 2 N–H and O–H groups in total. The minimum atomic E-state index is -0.929. The van der Waals surface area contributed by atoms with E-state index >= 15 is 0 Å². The van der Waals surface area contributed by atoms with Crippen LogP contribution in [0.4, 0.5) is 5.69 Å². The summed E-state index contributed by atoms with van der Waals surface area (Å²) in [4.78, 5) is 36.6. The number of nitrogens with one attached hydrogen (secondary N) is 1. The van der Waals surface area contributed by atoms with E-state index in [0.717, 1.165) is 16.4 Å². The van der Waals surface area contributed by atoms with Crippen molar-refractivity contribution in [2.45, 2.75) is 6.92 Å². The van der Waals surface area contributed by atoms with Crippen LogP contribution in [0.5, 0.6) is 5.75 Å². The summed E-state index contributed by atoms with van der Waals surface area (Å²) in [6.07, 6.45) is 2.33. The summed E-state index contributed by atoms with van der Waals surface area (Å²) in [5.41, 5.74) is 1.67. The third-order valence-corrected chi connectivity index (χ3v) is 3.71. The van der Waals surface area contributed by atoms with Crippen molar-refractivity contribution in [2.24, 2.45) is 0 Å². The molecule has 0 saturated heterocycles. The van der Waals surface area contributed by atoms with Crippen LogP contribution in [-0.2, 0) is 4.79 Å². The minimum Gasteiger partial charge on any atom is -0.507 e. The maximum absolute atomic E-state index is 12.4. The summed E-state index contributed by atoms with van der Waals surface area (Å²) < 4.78 is 0.788. The first-order valence-electron chi connectivity index (χ1n) is 7.75. The lowest BCUT2D eigenvalue weighted by Gasteiger charge is -2.04. The molecule has 0 radical (unpaired) electrons. The van der Waals surface area contributed by atoms with Crippen molar-refractivity contribution >= 4 is 23.3 Å². The van der Waals surface area contributed by atoms with Gasteiger partial charge in [-0.25, -0.2) is 0 Å². The van der Waals surface area contributed by atoms with Crippen LogP contribution in [0.25, 0.3) is 0 Å². The molecule has 0 atom stereocenters. The van der Waals surface area contributed by atoms with Gasteiger partial charge < -0.3 is 10.4 Å². The summed E-state index contributed by atoms with van der Waals surface area (Å²) >= 11 is 0. The standard InChI is InChI=1S/C19H15N3O4/c1-12-6-8-14(9-7-12)21-18(25)19(26)22-11-13(10-20-22)17(24)15-4-2-3-5-16(15)23/h2-11,23H,1H3,(H,21,25). The summed E-state index contributed by atoms with van der Waals surface area (Å²) in [6, 6.07) is 13.0. The number of amides is 1. The maximum atomic E-state index is 12.4. The number of hydrogen-bond acceptors (Lipinski definition) is 5.